The first-order valence-corrected chi connectivity index (χ1v) is 5.65. The average molecular weight is 298 g/mol. The zero-order chi connectivity index (χ0) is 12.8. The highest BCUT2D eigenvalue weighted by Gasteiger charge is 2.01. The molecule has 0 spiro atoms. The number of anilines is 1. The van der Waals surface area contributed by atoms with Gasteiger partial charge in [0.15, 0.2) is 0 Å². The third-order valence-electron chi connectivity index (χ3n) is 2.00. The molecule has 0 fully saturated rings. The Kier molecular flexibility index (Phi) is 4.90. The van der Waals surface area contributed by atoms with Gasteiger partial charge in [0.2, 0.25) is 5.91 Å². The number of amides is 1. The van der Waals surface area contributed by atoms with Crippen LogP contribution in [0.5, 0.6) is 0 Å². The van der Waals surface area contributed by atoms with Crippen LogP contribution in [0.15, 0.2) is 34.8 Å². The Hall–Kier alpha value is -1.62. The maximum Gasteiger partial charge on any atom is 0.330 e. The number of rotatable bonds is 3. The lowest BCUT2D eigenvalue weighted by Crippen LogP contribution is -2.09. The second-order valence-electron chi connectivity index (χ2n) is 3.31. The molecule has 0 aromatic heterocycles. The summed E-state index contributed by atoms with van der Waals surface area (Å²) in [6.07, 6.45) is 2.20. The molecule has 90 valence electrons. The van der Waals surface area contributed by atoms with Crippen molar-refractivity contribution in [2.45, 2.75) is 6.92 Å². The molecule has 4 nitrogen and oxygen atoms in total. The molecule has 1 aromatic rings. The van der Waals surface area contributed by atoms with E-state index in [2.05, 4.69) is 26.0 Å². The Balaban J connectivity index is 2.65. The minimum Gasteiger partial charge on any atom is -0.466 e. The SMILES string of the molecule is COC(=O)/C=C/C(=O)Nc1ccc(Br)c(C)c1. The summed E-state index contributed by atoms with van der Waals surface area (Å²) in [7, 11) is 1.25. The number of nitrogens with one attached hydrogen (secondary N) is 1. The molecule has 1 amide bonds. The lowest BCUT2D eigenvalue weighted by Gasteiger charge is -2.04. The van der Waals surface area contributed by atoms with Crippen LogP contribution in [0.1, 0.15) is 5.56 Å². The maximum absolute atomic E-state index is 11.4. The minimum absolute atomic E-state index is 0.378. The number of halogens is 1. The molecule has 0 atom stereocenters. The van der Waals surface area contributed by atoms with E-state index in [1.165, 1.54) is 7.11 Å². The van der Waals surface area contributed by atoms with Gasteiger partial charge in [0, 0.05) is 22.3 Å². The van der Waals surface area contributed by atoms with Crippen molar-refractivity contribution in [3.8, 4) is 0 Å². The molecule has 1 N–H and O–H groups in total. The van der Waals surface area contributed by atoms with E-state index in [-0.39, 0.29) is 5.91 Å². The fourth-order valence-corrected chi connectivity index (χ4v) is 1.36. The summed E-state index contributed by atoms with van der Waals surface area (Å²) in [6, 6.07) is 5.43. The second kappa shape index (κ2) is 6.20. The molecule has 0 aliphatic rings. The molecule has 0 heterocycles. The first-order chi connectivity index (χ1) is 8.02. The summed E-state index contributed by atoms with van der Waals surface area (Å²) < 4.78 is 5.35. The molecule has 0 bridgehead atoms. The van der Waals surface area contributed by atoms with E-state index in [0.29, 0.717) is 5.69 Å². The molecule has 0 aliphatic carbocycles. The van der Waals surface area contributed by atoms with Crippen LogP contribution < -0.4 is 5.32 Å². The Labute approximate surface area is 108 Å². The van der Waals surface area contributed by atoms with Crippen molar-refractivity contribution in [3.63, 3.8) is 0 Å². The predicted molar refractivity (Wildman–Crippen MR) is 68.7 cm³/mol. The van der Waals surface area contributed by atoms with Crippen LogP contribution in [0, 0.1) is 6.92 Å². The van der Waals surface area contributed by atoms with Crippen LogP contribution in [0.2, 0.25) is 0 Å². The molecule has 0 unspecified atom stereocenters. The Morgan fingerprint density at radius 2 is 2.06 bits per heavy atom. The van der Waals surface area contributed by atoms with E-state index >= 15 is 0 Å². The number of carbonyl (C=O) groups is 2. The maximum atomic E-state index is 11.4. The first kappa shape index (κ1) is 13.4. The standard InChI is InChI=1S/C12H12BrNO3/c1-8-7-9(3-4-10(8)13)14-11(15)5-6-12(16)17-2/h3-7H,1-2H3,(H,14,15)/b6-5+. The number of aryl methyl sites for hydroxylation is 1. The number of carbonyl (C=O) groups excluding carboxylic acids is 2. The average Bonchev–Trinajstić information content (AvgIpc) is 2.31. The highest BCUT2D eigenvalue weighted by atomic mass is 79.9. The smallest absolute Gasteiger partial charge is 0.330 e. The molecule has 1 rings (SSSR count). The quantitative estimate of drug-likeness (QED) is 0.689. The highest BCUT2D eigenvalue weighted by Crippen LogP contribution is 2.19. The summed E-state index contributed by atoms with van der Waals surface area (Å²) in [5, 5.41) is 2.64. The van der Waals surface area contributed by atoms with E-state index in [9.17, 15) is 9.59 Å². The number of hydrogen-bond donors (Lipinski definition) is 1. The normalized spacial score (nSPS) is 10.3. The summed E-state index contributed by atoms with van der Waals surface area (Å²) >= 11 is 3.37. The van der Waals surface area contributed by atoms with Gasteiger partial charge in [0.1, 0.15) is 0 Å². The van der Waals surface area contributed by atoms with Gasteiger partial charge in [-0.3, -0.25) is 4.79 Å². The van der Waals surface area contributed by atoms with E-state index in [0.717, 1.165) is 22.2 Å². The lowest BCUT2D eigenvalue weighted by atomic mass is 10.2. The lowest BCUT2D eigenvalue weighted by molar-refractivity contribution is -0.135. The molecular formula is C12H12BrNO3. The summed E-state index contributed by atoms with van der Waals surface area (Å²) in [5.74, 6) is -0.941. The van der Waals surface area contributed by atoms with Gasteiger partial charge in [0.05, 0.1) is 7.11 Å². The number of hydrogen-bond acceptors (Lipinski definition) is 3. The zero-order valence-electron chi connectivity index (χ0n) is 9.49. The highest BCUT2D eigenvalue weighted by molar-refractivity contribution is 9.10. The van der Waals surface area contributed by atoms with Crippen LogP contribution in [0.25, 0.3) is 0 Å². The van der Waals surface area contributed by atoms with Gasteiger partial charge in [-0.15, -0.1) is 0 Å². The molecule has 17 heavy (non-hydrogen) atoms. The third kappa shape index (κ3) is 4.40. The molecule has 0 aliphatic heterocycles. The van der Waals surface area contributed by atoms with Gasteiger partial charge in [-0.05, 0) is 30.7 Å². The van der Waals surface area contributed by atoms with Crippen molar-refractivity contribution in [2.75, 3.05) is 12.4 Å². The van der Waals surface area contributed by atoms with Gasteiger partial charge in [-0.2, -0.15) is 0 Å². The van der Waals surface area contributed by atoms with Crippen molar-refractivity contribution < 1.29 is 14.3 Å². The molecule has 5 heteroatoms. The second-order valence-corrected chi connectivity index (χ2v) is 4.16. The number of methoxy groups -OCH3 is 1. The van der Waals surface area contributed by atoms with Crippen molar-refractivity contribution in [2.24, 2.45) is 0 Å². The molecule has 1 aromatic carbocycles. The number of ether oxygens (including phenoxy) is 1. The van der Waals surface area contributed by atoms with E-state index in [1.807, 2.05) is 19.1 Å². The van der Waals surface area contributed by atoms with Crippen molar-refractivity contribution in [1.82, 2.24) is 0 Å². The third-order valence-corrected chi connectivity index (χ3v) is 2.89. The summed E-state index contributed by atoms with van der Waals surface area (Å²) in [6.45, 7) is 1.92. The van der Waals surface area contributed by atoms with Crippen LogP contribution >= 0.6 is 15.9 Å². The topological polar surface area (TPSA) is 55.4 Å². The Morgan fingerprint density at radius 3 is 2.65 bits per heavy atom. The van der Waals surface area contributed by atoms with Crippen molar-refractivity contribution >= 4 is 33.5 Å². The van der Waals surface area contributed by atoms with Gasteiger partial charge < -0.3 is 10.1 Å². The van der Waals surface area contributed by atoms with E-state index in [4.69, 9.17) is 0 Å². The first-order valence-electron chi connectivity index (χ1n) is 4.86. The van der Waals surface area contributed by atoms with Crippen LogP contribution in [-0.2, 0) is 14.3 Å². The van der Waals surface area contributed by atoms with Crippen molar-refractivity contribution in [3.05, 3.63) is 40.4 Å². The molecule has 0 saturated carbocycles. The van der Waals surface area contributed by atoms with Crippen LogP contribution in [0.3, 0.4) is 0 Å². The molecular weight excluding hydrogens is 286 g/mol. The Bertz CT molecular complexity index is 469. The van der Waals surface area contributed by atoms with Crippen LogP contribution in [0.4, 0.5) is 5.69 Å². The Morgan fingerprint density at radius 1 is 1.35 bits per heavy atom. The van der Waals surface area contributed by atoms with Gasteiger partial charge >= 0.3 is 5.97 Å². The fraction of sp³-hybridized carbons (Fsp3) is 0.167. The van der Waals surface area contributed by atoms with Gasteiger partial charge in [0.25, 0.3) is 0 Å². The largest absolute Gasteiger partial charge is 0.466 e. The van der Waals surface area contributed by atoms with E-state index in [1.54, 1.807) is 6.07 Å². The fourth-order valence-electron chi connectivity index (χ4n) is 1.12. The van der Waals surface area contributed by atoms with Gasteiger partial charge in [-0.1, -0.05) is 15.9 Å². The predicted octanol–water partition coefficient (Wildman–Crippen LogP) is 2.43. The summed E-state index contributed by atoms with van der Waals surface area (Å²) in [5.41, 5.74) is 1.69. The van der Waals surface area contributed by atoms with Crippen LogP contribution in [-0.4, -0.2) is 19.0 Å². The number of benzene rings is 1. The molecule has 0 saturated heterocycles. The number of esters is 1. The minimum atomic E-state index is -0.563. The van der Waals surface area contributed by atoms with E-state index < -0.39 is 5.97 Å². The monoisotopic (exact) mass is 297 g/mol. The van der Waals surface area contributed by atoms with Gasteiger partial charge in [-0.25, -0.2) is 4.79 Å². The summed E-state index contributed by atoms with van der Waals surface area (Å²) in [4.78, 5) is 22.2. The van der Waals surface area contributed by atoms with Crippen molar-refractivity contribution in [1.29, 1.82) is 0 Å². The zero-order valence-corrected chi connectivity index (χ0v) is 11.1. The molecule has 0 radical (unpaired) electrons.